The molecular weight excluding hydrogens is 408 g/mol. The molecular formula is C21H22N2O4S2. The molecule has 0 spiro atoms. The van der Waals surface area contributed by atoms with Crippen LogP contribution in [0.3, 0.4) is 0 Å². The van der Waals surface area contributed by atoms with E-state index in [1.807, 2.05) is 60.4 Å². The summed E-state index contributed by atoms with van der Waals surface area (Å²) in [6, 6.07) is 15.0. The van der Waals surface area contributed by atoms with Gasteiger partial charge >= 0.3 is 0 Å². The van der Waals surface area contributed by atoms with E-state index in [0.717, 1.165) is 16.8 Å². The van der Waals surface area contributed by atoms with Crippen LogP contribution in [0.4, 0.5) is 5.69 Å². The first-order valence-corrected chi connectivity index (χ1v) is 12.0. The number of carbonyl (C=O) groups is 1. The van der Waals surface area contributed by atoms with Crippen LogP contribution in [0.1, 0.15) is 11.1 Å². The van der Waals surface area contributed by atoms with Crippen LogP contribution in [0.5, 0.6) is 5.75 Å². The lowest BCUT2D eigenvalue weighted by molar-refractivity contribution is -0.117. The molecule has 2 aliphatic heterocycles. The van der Waals surface area contributed by atoms with E-state index in [9.17, 15) is 13.2 Å². The minimum absolute atomic E-state index is 0.0816. The number of sulfone groups is 1. The summed E-state index contributed by atoms with van der Waals surface area (Å²) in [7, 11) is -1.51. The number of anilines is 1. The van der Waals surface area contributed by atoms with Gasteiger partial charge in [-0.2, -0.15) is 4.99 Å². The highest BCUT2D eigenvalue weighted by Crippen LogP contribution is 2.41. The summed E-state index contributed by atoms with van der Waals surface area (Å²) in [5.74, 6) is 0.568. The Morgan fingerprint density at radius 1 is 1.17 bits per heavy atom. The molecule has 8 heteroatoms. The summed E-state index contributed by atoms with van der Waals surface area (Å²) in [6.45, 7) is 2.00. The Morgan fingerprint density at radius 2 is 1.90 bits per heavy atom. The third-order valence-electron chi connectivity index (χ3n) is 5.13. The molecule has 2 aromatic carbocycles. The van der Waals surface area contributed by atoms with Gasteiger partial charge in [0.25, 0.3) is 5.91 Å². The number of amides is 1. The fraction of sp³-hybridized carbons (Fsp3) is 0.333. The molecule has 0 bridgehead atoms. The van der Waals surface area contributed by atoms with Crippen molar-refractivity contribution < 1.29 is 17.9 Å². The molecule has 1 amide bonds. The minimum Gasteiger partial charge on any atom is -0.496 e. The first-order chi connectivity index (χ1) is 13.9. The van der Waals surface area contributed by atoms with E-state index in [1.165, 1.54) is 11.8 Å². The topological polar surface area (TPSA) is 76.0 Å². The van der Waals surface area contributed by atoms with Gasteiger partial charge in [-0.3, -0.25) is 4.79 Å². The molecule has 152 valence electrons. The summed E-state index contributed by atoms with van der Waals surface area (Å²) in [4.78, 5) is 19.0. The summed E-state index contributed by atoms with van der Waals surface area (Å²) in [5, 5.41) is 0.456. The van der Waals surface area contributed by atoms with Crippen LogP contribution in [0, 0.1) is 6.92 Å². The SMILES string of the molecule is COc1ccccc1CC(=O)N=C1S[C@H]2CS(=O)(=O)C[C@@H]2N1c1ccc(C)cc1. The average molecular weight is 431 g/mol. The lowest BCUT2D eigenvalue weighted by Gasteiger charge is -2.24. The molecule has 4 rings (SSSR count). The Morgan fingerprint density at radius 3 is 2.62 bits per heavy atom. The van der Waals surface area contributed by atoms with Gasteiger partial charge in [-0.15, -0.1) is 0 Å². The van der Waals surface area contributed by atoms with Gasteiger partial charge in [0.1, 0.15) is 5.75 Å². The van der Waals surface area contributed by atoms with E-state index in [2.05, 4.69) is 4.99 Å². The molecule has 0 aliphatic carbocycles. The van der Waals surface area contributed by atoms with Crippen LogP contribution in [0.15, 0.2) is 53.5 Å². The molecule has 0 aromatic heterocycles. The standard InChI is InChI=1S/C21H22N2O4S2/c1-14-7-9-16(10-8-14)23-17-12-29(25,26)13-19(17)28-21(23)22-20(24)11-15-5-3-4-6-18(15)27-2/h3-10,17,19H,11-13H2,1-2H3/t17-,19-/m0/s1. The molecule has 6 nitrogen and oxygen atoms in total. The second-order valence-corrected chi connectivity index (χ2v) is 10.6. The molecule has 2 atom stereocenters. The van der Waals surface area contributed by atoms with Crippen molar-refractivity contribution in [2.24, 2.45) is 4.99 Å². The van der Waals surface area contributed by atoms with Crippen LogP contribution in [-0.2, 0) is 21.1 Å². The maximum Gasteiger partial charge on any atom is 0.252 e. The lowest BCUT2D eigenvalue weighted by Crippen LogP contribution is -2.37. The van der Waals surface area contributed by atoms with Crippen LogP contribution in [-0.4, -0.2) is 49.4 Å². The predicted molar refractivity (Wildman–Crippen MR) is 117 cm³/mol. The van der Waals surface area contributed by atoms with Gasteiger partial charge in [-0.1, -0.05) is 47.7 Å². The largest absolute Gasteiger partial charge is 0.496 e. The van der Waals surface area contributed by atoms with Crippen molar-refractivity contribution in [1.29, 1.82) is 0 Å². The number of benzene rings is 2. The van der Waals surface area contributed by atoms with E-state index < -0.39 is 9.84 Å². The van der Waals surface area contributed by atoms with Crippen LogP contribution in [0.25, 0.3) is 0 Å². The van der Waals surface area contributed by atoms with Gasteiger partial charge in [0, 0.05) is 16.5 Å². The van der Waals surface area contributed by atoms with Crippen LogP contribution in [0.2, 0.25) is 0 Å². The Bertz CT molecular complexity index is 1060. The number of amidine groups is 1. The molecule has 0 unspecified atom stereocenters. The number of para-hydroxylation sites is 1. The van der Waals surface area contributed by atoms with E-state index in [-0.39, 0.29) is 35.1 Å². The number of nitrogens with zero attached hydrogens (tertiary/aromatic N) is 2. The zero-order chi connectivity index (χ0) is 20.6. The van der Waals surface area contributed by atoms with Crippen molar-refractivity contribution in [3.63, 3.8) is 0 Å². The van der Waals surface area contributed by atoms with Crippen molar-refractivity contribution in [3.8, 4) is 5.75 Å². The van der Waals surface area contributed by atoms with Crippen molar-refractivity contribution >= 4 is 38.4 Å². The highest BCUT2D eigenvalue weighted by Gasteiger charge is 2.49. The zero-order valence-electron chi connectivity index (χ0n) is 16.2. The second kappa shape index (κ2) is 7.84. The van der Waals surface area contributed by atoms with Gasteiger partial charge in [-0.05, 0) is 25.1 Å². The van der Waals surface area contributed by atoms with Crippen LogP contribution < -0.4 is 9.64 Å². The first kappa shape index (κ1) is 20.0. The molecule has 2 fully saturated rings. The molecule has 0 saturated carbocycles. The van der Waals surface area contributed by atoms with Crippen LogP contribution >= 0.6 is 11.8 Å². The molecule has 2 heterocycles. The average Bonchev–Trinajstić information content (AvgIpc) is 3.13. The number of aryl methyl sites for hydroxylation is 1. The maximum atomic E-state index is 12.7. The number of ether oxygens (including phenoxy) is 1. The van der Waals surface area contributed by atoms with Gasteiger partial charge in [-0.25, -0.2) is 8.42 Å². The highest BCUT2D eigenvalue weighted by atomic mass is 32.2. The smallest absolute Gasteiger partial charge is 0.252 e. The van der Waals surface area contributed by atoms with Crippen molar-refractivity contribution in [2.45, 2.75) is 24.6 Å². The number of carbonyl (C=O) groups excluding carboxylic acids is 1. The fourth-order valence-corrected chi connectivity index (χ4v) is 7.66. The summed E-state index contributed by atoms with van der Waals surface area (Å²) in [5.41, 5.74) is 2.75. The number of hydrogen-bond donors (Lipinski definition) is 0. The lowest BCUT2D eigenvalue weighted by atomic mass is 10.1. The third-order valence-corrected chi connectivity index (χ3v) is 8.34. The van der Waals surface area contributed by atoms with Gasteiger partial charge < -0.3 is 9.64 Å². The normalized spacial score (nSPS) is 23.9. The van der Waals surface area contributed by atoms with Crippen molar-refractivity contribution in [2.75, 3.05) is 23.5 Å². The third kappa shape index (κ3) is 4.18. The van der Waals surface area contributed by atoms with Crippen molar-refractivity contribution in [3.05, 3.63) is 59.7 Å². The maximum absolute atomic E-state index is 12.7. The molecule has 2 saturated heterocycles. The Balaban J connectivity index is 1.64. The van der Waals surface area contributed by atoms with E-state index in [1.54, 1.807) is 7.11 Å². The first-order valence-electron chi connectivity index (χ1n) is 9.33. The summed E-state index contributed by atoms with van der Waals surface area (Å²) in [6.07, 6.45) is 0.128. The highest BCUT2D eigenvalue weighted by molar-refractivity contribution is 8.16. The molecule has 2 aromatic rings. The monoisotopic (exact) mass is 430 g/mol. The zero-order valence-corrected chi connectivity index (χ0v) is 17.9. The number of fused-ring (bicyclic) bond motifs is 1. The fourth-order valence-electron chi connectivity index (χ4n) is 3.73. The van der Waals surface area contributed by atoms with Gasteiger partial charge in [0.05, 0.1) is 31.1 Å². The van der Waals surface area contributed by atoms with E-state index in [0.29, 0.717) is 10.9 Å². The molecule has 29 heavy (non-hydrogen) atoms. The van der Waals surface area contributed by atoms with Crippen molar-refractivity contribution in [1.82, 2.24) is 0 Å². The predicted octanol–water partition coefficient (Wildman–Crippen LogP) is 2.85. The minimum atomic E-state index is -3.08. The molecule has 0 radical (unpaired) electrons. The number of thioether (sulfide) groups is 1. The Labute approximate surface area is 174 Å². The number of hydrogen-bond acceptors (Lipinski definition) is 5. The van der Waals surface area contributed by atoms with E-state index >= 15 is 0 Å². The number of rotatable bonds is 4. The molecule has 2 aliphatic rings. The summed E-state index contributed by atoms with van der Waals surface area (Å²) < 4.78 is 29.6. The second-order valence-electron chi connectivity index (χ2n) is 7.28. The van der Waals surface area contributed by atoms with Gasteiger partial charge in [0.2, 0.25) is 0 Å². The van der Waals surface area contributed by atoms with E-state index in [4.69, 9.17) is 4.74 Å². The Hall–Kier alpha value is -2.32. The molecule has 0 N–H and O–H groups in total. The van der Waals surface area contributed by atoms with Gasteiger partial charge in [0.15, 0.2) is 15.0 Å². The number of methoxy groups -OCH3 is 1. The quantitative estimate of drug-likeness (QED) is 0.743. The number of aliphatic imine (C=N–C) groups is 1. The Kier molecular flexibility index (Phi) is 5.40. The summed E-state index contributed by atoms with van der Waals surface area (Å²) >= 11 is 1.38.